The number of nitrogens with zero attached hydrogens (tertiary/aromatic N) is 2. The van der Waals surface area contributed by atoms with Crippen LogP contribution in [0.15, 0.2) is 0 Å². The molecular weight excluding hydrogens is 286 g/mol. The molecule has 2 rings (SSSR count). The van der Waals surface area contributed by atoms with E-state index in [2.05, 4.69) is 19.2 Å². The van der Waals surface area contributed by atoms with Gasteiger partial charge >= 0.3 is 0 Å². The fourth-order valence-electron chi connectivity index (χ4n) is 3.13. The Kier molecular flexibility index (Phi) is 6.07. The molecule has 0 aromatic heterocycles. The van der Waals surface area contributed by atoms with Crippen molar-refractivity contribution in [2.75, 3.05) is 33.2 Å². The highest BCUT2D eigenvalue weighted by Crippen LogP contribution is 2.26. The van der Waals surface area contributed by atoms with Crippen LogP contribution >= 0.6 is 12.4 Å². The van der Waals surface area contributed by atoms with E-state index in [1.807, 2.05) is 7.05 Å². The monoisotopic (exact) mass is 311 g/mol. The van der Waals surface area contributed by atoms with Gasteiger partial charge in [-0.15, -0.1) is 12.4 Å². The minimum atomic E-state index is -3.24. The molecule has 114 valence electrons. The van der Waals surface area contributed by atoms with Gasteiger partial charge in [-0.25, -0.2) is 0 Å². The van der Waals surface area contributed by atoms with E-state index < -0.39 is 10.2 Å². The molecule has 3 atom stereocenters. The molecule has 0 bridgehead atoms. The van der Waals surface area contributed by atoms with Crippen molar-refractivity contribution in [1.82, 2.24) is 13.9 Å². The van der Waals surface area contributed by atoms with Crippen LogP contribution in [0.3, 0.4) is 0 Å². The summed E-state index contributed by atoms with van der Waals surface area (Å²) < 4.78 is 28.5. The molecule has 19 heavy (non-hydrogen) atoms. The van der Waals surface area contributed by atoms with E-state index in [9.17, 15) is 8.42 Å². The Balaban J connectivity index is 0.00000180. The van der Waals surface area contributed by atoms with Crippen molar-refractivity contribution in [3.05, 3.63) is 0 Å². The van der Waals surface area contributed by atoms with Crippen molar-refractivity contribution in [3.8, 4) is 0 Å². The summed E-state index contributed by atoms with van der Waals surface area (Å²) in [5.41, 5.74) is 0. The smallest absolute Gasteiger partial charge is 0.282 e. The van der Waals surface area contributed by atoms with Gasteiger partial charge in [0.1, 0.15) is 0 Å². The fraction of sp³-hybridized carbons (Fsp3) is 1.00. The van der Waals surface area contributed by atoms with E-state index >= 15 is 0 Å². The van der Waals surface area contributed by atoms with Gasteiger partial charge in [0, 0.05) is 32.2 Å². The van der Waals surface area contributed by atoms with Gasteiger partial charge in [0.25, 0.3) is 10.2 Å². The van der Waals surface area contributed by atoms with Crippen LogP contribution in [0.2, 0.25) is 0 Å². The van der Waals surface area contributed by atoms with E-state index in [1.165, 1.54) is 0 Å². The molecule has 0 aliphatic carbocycles. The molecule has 0 aromatic carbocycles. The molecule has 2 aliphatic rings. The lowest BCUT2D eigenvalue weighted by Crippen LogP contribution is -2.49. The first-order valence-corrected chi connectivity index (χ1v) is 8.25. The second-order valence-corrected chi connectivity index (χ2v) is 7.83. The number of halogens is 1. The van der Waals surface area contributed by atoms with Crippen LogP contribution in [0.1, 0.15) is 26.7 Å². The van der Waals surface area contributed by atoms with Gasteiger partial charge in [0.15, 0.2) is 0 Å². The first kappa shape index (κ1) is 17.2. The van der Waals surface area contributed by atoms with Crippen LogP contribution in [-0.4, -0.2) is 56.3 Å². The Morgan fingerprint density at radius 1 is 1.05 bits per heavy atom. The van der Waals surface area contributed by atoms with Gasteiger partial charge in [0.2, 0.25) is 0 Å². The average molecular weight is 312 g/mol. The van der Waals surface area contributed by atoms with Crippen molar-refractivity contribution in [2.45, 2.75) is 32.7 Å². The minimum absolute atomic E-state index is 0. The molecule has 5 nitrogen and oxygen atoms in total. The van der Waals surface area contributed by atoms with E-state index in [4.69, 9.17) is 0 Å². The molecule has 2 saturated heterocycles. The van der Waals surface area contributed by atoms with E-state index in [0.29, 0.717) is 44.1 Å². The quantitative estimate of drug-likeness (QED) is 0.843. The van der Waals surface area contributed by atoms with Crippen molar-refractivity contribution in [3.63, 3.8) is 0 Å². The summed E-state index contributed by atoms with van der Waals surface area (Å²) in [5.74, 6) is 0.928. The topological polar surface area (TPSA) is 52.7 Å². The Labute approximate surface area is 123 Å². The summed E-state index contributed by atoms with van der Waals surface area (Å²) in [5, 5.41) is 3.16. The highest BCUT2D eigenvalue weighted by atomic mass is 35.5. The lowest BCUT2D eigenvalue weighted by molar-refractivity contribution is 0.211. The standard InChI is InChI=1S/C12H25N3O2S.ClH/c1-10-6-11(2)8-15(7-10)18(16,17)14-5-4-12(9-14)13-3;/h10-13H,4-9H2,1-3H3;1H. The third-order valence-corrected chi connectivity index (χ3v) is 5.98. The minimum Gasteiger partial charge on any atom is -0.316 e. The van der Waals surface area contributed by atoms with Gasteiger partial charge in [-0.05, 0) is 31.7 Å². The Morgan fingerprint density at radius 2 is 1.63 bits per heavy atom. The molecule has 2 heterocycles. The molecule has 0 radical (unpaired) electrons. The van der Waals surface area contributed by atoms with Gasteiger partial charge in [-0.2, -0.15) is 17.0 Å². The van der Waals surface area contributed by atoms with Crippen LogP contribution in [0.4, 0.5) is 0 Å². The summed E-state index contributed by atoms with van der Waals surface area (Å²) in [4.78, 5) is 0. The summed E-state index contributed by atoms with van der Waals surface area (Å²) in [6.45, 7) is 6.88. The Bertz CT molecular complexity index is 380. The van der Waals surface area contributed by atoms with E-state index in [-0.39, 0.29) is 12.4 Å². The number of piperidine rings is 1. The summed E-state index contributed by atoms with van der Waals surface area (Å²) in [6.07, 6.45) is 2.04. The van der Waals surface area contributed by atoms with Gasteiger partial charge < -0.3 is 5.32 Å². The first-order valence-electron chi connectivity index (χ1n) is 6.86. The van der Waals surface area contributed by atoms with E-state index in [0.717, 1.165) is 12.8 Å². The summed E-state index contributed by atoms with van der Waals surface area (Å²) >= 11 is 0. The van der Waals surface area contributed by atoms with E-state index in [1.54, 1.807) is 8.61 Å². The van der Waals surface area contributed by atoms with Crippen LogP contribution in [0.5, 0.6) is 0 Å². The predicted octanol–water partition coefficient (Wildman–Crippen LogP) is 0.925. The number of hydrogen-bond acceptors (Lipinski definition) is 3. The van der Waals surface area contributed by atoms with Crippen molar-refractivity contribution in [2.24, 2.45) is 11.8 Å². The van der Waals surface area contributed by atoms with Crippen LogP contribution in [-0.2, 0) is 10.2 Å². The second-order valence-electron chi connectivity index (χ2n) is 5.90. The Hall–Kier alpha value is 0.120. The third kappa shape index (κ3) is 3.82. The molecular formula is C12H26ClN3O2S. The zero-order valence-electron chi connectivity index (χ0n) is 12.0. The molecule has 7 heteroatoms. The molecule has 2 aliphatic heterocycles. The zero-order chi connectivity index (χ0) is 13.3. The van der Waals surface area contributed by atoms with Crippen molar-refractivity contribution < 1.29 is 8.42 Å². The molecule has 3 unspecified atom stereocenters. The lowest BCUT2D eigenvalue weighted by atomic mass is 9.94. The van der Waals surface area contributed by atoms with Crippen molar-refractivity contribution in [1.29, 1.82) is 0 Å². The second kappa shape index (κ2) is 6.72. The molecule has 0 spiro atoms. The maximum atomic E-state index is 12.6. The van der Waals surface area contributed by atoms with Crippen LogP contribution in [0.25, 0.3) is 0 Å². The van der Waals surface area contributed by atoms with Crippen molar-refractivity contribution >= 4 is 22.6 Å². The molecule has 0 aromatic rings. The first-order chi connectivity index (χ1) is 8.43. The number of likely N-dealkylation sites (N-methyl/N-ethyl adjacent to an activating group) is 1. The highest BCUT2D eigenvalue weighted by Gasteiger charge is 2.37. The maximum Gasteiger partial charge on any atom is 0.282 e. The van der Waals surface area contributed by atoms with Crippen LogP contribution < -0.4 is 5.32 Å². The molecule has 0 saturated carbocycles. The zero-order valence-corrected chi connectivity index (χ0v) is 13.6. The number of rotatable bonds is 3. The van der Waals surface area contributed by atoms with Gasteiger partial charge in [-0.3, -0.25) is 0 Å². The largest absolute Gasteiger partial charge is 0.316 e. The fourth-order valence-corrected chi connectivity index (χ4v) is 5.05. The lowest BCUT2D eigenvalue weighted by Gasteiger charge is -2.36. The molecule has 1 N–H and O–H groups in total. The van der Waals surface area contributed by atoms with Crippen LogP contribution in [0, 0.1) is 11.8 Å². The number of nitrogens with one attached hydrogen (secondary N) is 1. The number of hydrogen-bond donors (Lipinski definition) is 1. The highest BCUT2D eigenvalue weighted by molar-refractivity contribution is 7.86. The predicted molar refractivity (Wildman–Crippen MR) is 79.7 cm³/mol. The third-order valence-electron chi connectivity index (χ3n) is 4.05. The molecule has 2 fully saturated rings. The summed E-state index contributed by atoms with van der Waals surface area (Å²) in [6, 6.07) is 0.305. The summed E-state index contributed by atoms with van der Waals surface area (Å²) in [7, 11) is -1.35. The molecule has 0 amide bonds. The maximum absolute atomic E-state index is 12.6. The van der Waals surface area contributed by atoms with Gasteiger partial charge in [-0.1, -0.05) is 13.8 Å². The Morgan fingerprint density at radius 3 is 2.11 bits per heavy atom. The normalized spacial score (nSPS) is 34.2. The average Bonchev–Trinajstić information content (AvgIpc) is 2.76. The SMILES string of the molecule is CNC1CCN(S(=O)(=O)N2CC(C)CC(C)C2)C1.Cl. The van der Waals surface area contributed by atoms with Gasteiger partial charge in [0.05, 0.1) is 0 Å².